The van der Waals surface area contributed by atoms with E-state index in [2.05, 4.69) is 28.8 Å². The Balaban J connectivity index is 0.000000205. The van der Waals surface area contributed by atoms with Crippen LogP contribution < -0.4 is 4.74 Å². The summed E-state index contributed by atoms with van der Waals surface area (Å²) >= 11 is 0. The van der Waals surface area contributed by atoms with Crippen molar-refractivity contribution in [2.45, 2.75) is 78.4 Å². The molecule has 1 fully saturated rings. The Bertz CT molecular complexity index is 1590. The number of hydrogen-bond acceptors (Lipinski definition) is 9. The molecule has 12 nitrogen and oxygen atoms in total. The fourth-order valence-electron chi connectivity index (χ4n) is 4.14. The predicted octanol–water partition coefficient (Wildman–Crippen LogP) is 5.05. The van der Waals surface area contributed by atoms with E-state index in [4.69, 9.17) is 14.6 Å². The van der Waals surface area contributed by atoms with Crippen molar-refractivity contribution in [2.75, 3.05) is 20.3 Å². The maximum atomic E-state index is 11.5. The number of aliphatic hydroxyl groups is 1. The normalized spacial score (nSPS) is 13.8. The molecule has 0 aliphatic carbocycles. The number of aromatic carboxylic acids is 1. The third kappa shape index (κ3) is 8.23. The molecule has 12 heteroatoms. The Morgan fingerprint density at radius 1 is 0.977 bits per heavy atom. The molecule has 0 radical (unpaired) electrons. The van der Waals surface area contributed by atoms with Crippen molar-refractivity contribution in [2.24, 2.45) is 0 Å². The van der Waals surface area contributed by atoms with Gasteiger partial charge in [0.15, 0.2) is 0 Å². The zero-order valence-corrected chi connectivity index (χ0v) is 26.2. The number of aromatic hydroxyl groups is 1. The average Bonchev–Trinajstić information content (AvgIpc) is 3.28. The molecule has 4 aromatic heterocycles. The van der Waals surface area contributed by atoms with Gasteiger partial charge in [-0.3, -0.25) is 0 Å². The minimum Gasteiger partial charge on any atom is -0.506 e. The summed E-state index contributed by atoms with van der Waals surface area (Å²) in [5, 5.41) is 37.0. The van der Waals surface area contributed by atoms with Crippen molar-refractivity contribution in [1.29, 1.82) is 0 Å². The number of aromatic nitrogens is 4. The van der Waals surface area contributed by atoms with Gasteiger partial charge in [0.05, 0.1) is 59.7 Å². The van der Waals surface area contributed by atoms with Crippen molar-refractivity contribution in [3.63, 3.8) is 0 Å². The van der Waals surface area contributed by atoms with Crippen LogP contribution in [0.5, 0.6) is 11.5 Å². The van der Waals surface area contributed by atoms with E-state index in [0.29, 0.717) is 28.0 Å². The molecule has 1 aliphatic rings. The molecular weight excluding hydrogens is 556 g/mol. The maximum absolute atomic E-state index is 11.5. The number of epoxide rings is 1. The number of carboxylic acids is 1. The van der Waals surface area contributed by atoms with Gasteiger partial charge in [-0.1, -0.05) is 27.7 Å². The summed E-state index contributed by atoms with van der Waals surface area (Å²) in [4.78, 5) is 22.7. The average molecular weight is 599 g/mol. The number of rotatable bonds is 7. The highest BCUT2D eigenvalue weighted by molar-refractivity contribution is 5.97. The number of methoxy groups -OCH3 is 1. The predicted molar refractivity (Wildman–Crippen MR) is 160 cm³/mol. The van der Waals surface area contributed by atoms with E-state index in [0.717, 1.165) is 12.3 Å². The molecule has 0 amide bonds. The highest BCUT2D eigenvalue weighted by Gasteiger charge is 2.32. The lowest BCUT2D eigenvalue weighted by atomic mass is 10.1. The van der Waals surface area contributed by atoms with Crippen LogP contribution in [0.25, 0.3) is 11.0 Å². The van der Waals surface area contributed by atoms with Crippen LogP contribution in [0.15, 0.2) is 36.7 Å². The van der Waals surface area contributed by atoms with Crippen LogP contribution in [-0.4, -0.2) is 78.0 Å². The van der Waals surface area contributed by atoms with Crippen molar-refractivity contribution < 1.29 is 39.1 Å². The summed E-state index contributed by atoms with van der Waals surface area (Å²) in [6.45, 7) is 16.4. The fourth-order valence-corrected chi connectivity index (χ4v) is 4.14. The number of carbonyl (C=O) groups is 2. The summed E-state index contributed by atoms with van der Waals surface area (Å²) in [5.74, 6) is -0.479. The standard InChI is InChI=1S/C15H20N2O4.C12H14N2O3.C4H8O/c1-9(2)13-12(21-8-15(3,4)20)6-5-11-10(14(18)19)7-16-17(11)13;1-7(2)11-10(15)5-4-9-8(12(16)17-3)6-13-14(9)11;1-4(2)3-5-4/h5-7,9,20H,8H2,1-4H3,(H,18,19);4-7,15H,1-3H3;3H2,1-2H3. The first-order chi connectivity index (χ1) is 20.0. The number of carboxylic acid groups (broad SMARTS) is 1. The summed E-state index contributed by atoms with van der Waals surface area (Å²) < 4.78 is 18.4. The Morgan fingerprint density at radius 3 is 1.93 bits per heavy atom. The van der Waals surface area contributed by atoms with Crippen LogP contribution in [0.1, 0.15) is 99.3 Å². The minimum absolute atomic E-state index is 0.0899. The first kappa shape index (κ1) is 33.3. The van der Waals surface area contributed by atoms with Crippen LogP contribution in [0.2, 0.25) is 0 Å². The SMILES string of the molecule is CC(C)c1c(OCC(C)(C)O)ccc2c(C(=O)O)cnn12.CC1(C)CO1.COC(=O)c1cnn2c(C(C)C)c(O)ccc12. The van der Waals surface area contributed by atoms with E-state index in [9.17, 15) is 19.8 Å². The minimum atomic E-state index is -1.01. The highest BCUT2D eigenvalue weighted by atomic mass is 16.6. The Kier molecular flexibility index (Phi) is 10.1. The summed E-state index contributed by atoms with van der Waals surface area (Å²) in [5.41, 5.74) is 2.49. The molecule has 0 atom stereocenters. The van der Waals surface area contributed by atoms with E-state index < -0.39 is 17.5 Å². The molecule has 0 saturated carbocycles. The third-order valence-electron chi connectivity index (χ3n) is 6.41. The lowest BCUT2D eigenvalue weighted by Crippen LogP contribution is -2.28. The molecule has 43 heavy (non-hydrogen) atoms. The van der Waals surface area contributed by atoms with Gasteiger partial charge in [-0.15, -0.1) is 0 Å². The van der Waals surface area contributed by atoms with Crippen LogP contribution in [-0.2, 0) is 9.47 Å². The molecule has 5 rings (SSSR count). The first-order valence-corrected chi connectivity index (χ1v) is 14.0. The van der Waals surface area contributed by atoms with Crippen LogP contribution in [0.4, 0.5) is 0 Å². The van der Waals surface area contributed by atoms with Crippen molar-refractivity contribution >= 4 is 23.0 Å². The Morgan fingerprint density at radius 2 is 1.47 bits per heavy atom. The zero-order chi connectivity index (χ0) is 32.3. The van der Waals surface area contributed by atoms with Gasteiger partial charge < -0.3 is 29.5 Å². The van der Waals surface area contributed by atoms with E-state index in [-0.39, 0.29) is 35.4 Å². The summed E-state index contributed by atoms with van der Waals surface area (Å²) in [7, 11) is 1.33. The summed E-state index contributed by atoms with van der Waals surface area (Å²) in [6, 6.07) is 6.62. The monoisotopic (exact) mass is 598 g/mol. The van der Waals surface area contributed by atoms with E-state index in [1.54, 1.807) is 47.1 Å². The molecule has 1 saturated heterocycles. The molecule has 0 unspecified atom stereocenters. The lowest BCUT2D eigenvalue weighted by Gasteiger charge is -2.21. The molecule has 3 N–H and O–H groups in total. The van der Waals surface area contributed by atoms with Gasteiger partial charge in [-0.2, -0.15) is 10.2 Å². The molecule has 4 aromatic rings. The van der Waals surface area contributed by atoms with Gasteiger partial charge in [0.25, 0.3) is 0 Å². The lowest BCUT2D eigenvalue weighted by molar-refractivity contribution is 0.0278. The molecule has 0 spiro atoms. The third-order valence-corrected chi connectivity index (χ3v) is 6.41. The molecule has 1 aliphatic heterocycles. The number of nitrogens with zero attached hydrogens (tertiary/aromatic N) is 4. The fraction of sp³-hybridized carbons (Fsp3) is 0.484. The van der Waals surface area contributed by atoms with Gasteiger partial charge in [-0.05, 0) is 63.8 Å². The Hall–Kier alpha value is -4.16. The van der Waals surface area contributed by atoms with Gasteiger partial charge in [0.1, 0.15) is 29.2 Å². The zero-order valence-electron chi connectivity index (χ0n) is 26.2. The van der Waals surface area contributed by atoms with Gasteiger partial charge in [0.2, 0.25) is 0 Å². The largest absolute Gasteiger partial charge is 0.506 e. The second-order valence-electron chi connectivity index (χ2n) is 12.2. The van der Waals surface area contributed by atoms with Crippen LogP contribution in [0, 0.1) is 0 Å². The van der Waals surface area contributed by atoms with Crippen molar-refractivity contribution in [1.82, 2.24) is 19.2 Å². The molecular formula is C31H42N4O8. The first-order valence-electron chi connectivity index (χ1n) is 14.0. The molecule has 5 heterocycles. The number of hydrogen-bond donors (Lipinski definition) is 3. The number of esters is 1. The van der Waals surface area contributed by atoms with Gasteiger partial charge >= 0.3 is 11.9 Å². The van der Waals surface area contributed by atoms with E-state index >= 15 is 0 Å². The molecule has 0 aromatic carbocycles. The van der Waals surface area contributed by atoms with Crippen LogP contribution >= 0.6 is 0 Å². The number of ether oxygens (including phenoxy) is 3. The van der Waals surface area contributed by atoms with Crippen LogP contribution in [0.3, 0.4) is 0 Å². The van der Waals surface area contributed by atoms with E-state index in [1.807, 2.05) is 27.7 Å². The number of carbonyl (C=O) groups excluding carboxylic acids is 1. The van der Waals surface area contributed by atoms with Gasteiger partial charge in [0, 0.05) is 0 Å². The topological polar surface area (TPSA) is 160 Å². The molecule has 0 bridgehead atoms. The Labute approximate surface area is 250 Å². The molecule has 234 valence electrons. The second-order valence-corrected chi connectivity index (χ2v) is 12.2. The van der Waals surface area contributed by atoms with Gasteiger partial charge in [-0.25, -0.2) is 18.6 Å². The second kappa shape index (κ2) is 13.0. The summed E-state index contributed by atoms with van der Waals surface area (Å²) in [6.07, 6.45) is 2.79. The van der Waals surface area contributed by atoms with E-state index in [1.165, 1.54) is 19.5 Å². The smallest absolute Gasteiger partial charge is 0.341 e. The highest BCUT2D eigenvalue weighted by Crippen LogP contribution is 2.30. The quantitative estimate of drug-likeness (QED) is 0.194. The number of fused-ring (bicyclic) bond motifs is 2. The number of pyridine rings is 2. The maximum Gasteiger partial charge on any atom is 0.341 e. The van der Waals surface area contributed by atoms with Crippen molar-refractivity contribution in [3.8, 4) is 11.5 Å². The van der Waals surface area contributed by atoms with Crippen molar-refractivity contribution in [3.05, 3.63) is 59.2 Å².